The van der Waals surface area contributed by atoms with E-state index in [2.05, 4.69) is 129 Å². The minimum absolute atomic E-state index is 0.181. The first-order valence-electron chi connectivity index (χ1n) is 16.9. The second kappa shape index (κ2) is 10.4. The van der Waals surface area contributed by atoms with Crippen LogP contribution in [0, 0.1) is 0 Å². The molecular formula is C46H31N3. The smallest absolute Gasteiger partial charge is 0.164 e. The highest BCUT2D eigenvalue weighted by Gasteiger charge is 2.36. The molecule has 230 valence electrons. The van der Waals surface area contributed by atoms with Crippen molar-refractivity contribution in [2.24, 2.45) is 0 Å². The Hall–Kier alpha value is -6.19. The van der Waals surface area contributed by atoms with E-state index >= 15 is 0 Å². The van der Waals surface area contributed by atoms with Crippen LogP contribution in [0.3, 0.4) is 0 Å². The molecule has 1 aliphatic rings. The van der Waals surface area contributed by atoms with E-state index in [0.29, 0.717) is 17.5 Å². The average molecular weight is 626 g/mol. The Morgan fingerprint density at radius 3 is 1.59 bits per heavy atom. The fourth-order valence-electron chi connectivity index (χ4n) is 7.98. The van der Waals surface area contributed by atoms with Gasteiger partial charge in [0.05, 0.1) is 0 Å². The van der Waals surface area contributed by atoms with Crippen molar-refractivity contribution in [3.8, 4) is 56.4 Å². The summed E-state index contributed by atoms with van der Waals surface area (Å²) in [5.41, 5.74) is 10.4. The Balaban J connectivity index is 1.11. The van der Waals surface area contributed by atoms with Gasteiger partial charge < -0.3 is 0 Å². The van der Waals surface area contributed by atoms with Crippen LogP contribution < -0.4 is 0 Å². The van der Waals surface area contributed by atoms with E-state index < -0.39 is 0 Å². The van der Waals surface area contributed by atoms with Crippen LogP contribution in [-0.4, -0.2) is 15.0 Å². The van der Waals surface area contributed by atoms with Crippen molar-refractivity contribution in [1.29, 1.82) is 0 Å². The summed E-state index contributed by atoms with van der Waals surface area (Å²) >= 11 is 0. The molecule has 0 aliphatic heterocycles. The molecule has 8 aromatic carbocycles. The maximum Gasteiger partial charge on any atom is 0.164 e. The topological polar surface area (TPSA) is 38.7 Å². The van der Waals surface area contributed by atoms with E-state index in [0.717, 1.165) is 16.7 Å². The van der Waals surface area contributed by atoms with Crippen molar-refractivity contribution < 1.29 is 0 Å². The van der Waals surface area contributed by atoms with Crippen molar-refractivity contribution in [2.75, 3.05) is 0 Å². The van der Waals surface area contributed by atoms with Crippen LogP contribution in [0.4, 0.5) is 0 Å². The van der Waals surface area contributed by atoms with Crippen molar-refractivity contribution in [2.45, 2.75) is 19.3 Å². The highest BCUT2D eigenvalue weighted by atomic mass is 15.0. The SMILES string of the molecule is CC1(C)c2ccc(-c3ccc4ccc5cccc6ccc3c4c56)cc2-c2ccc(-c3nc(-c4ccccc4)nc(-c4ccccc4)n3)cc21. The van der Waals surface area contributed by atoms with Crippen LogP contribution in [0.15, 0.2) is 152 Å². The zero-order valence-electron chi connectivity index (χ0n) is 27.3. The molecule has 0 unspecified atom stereocenters. The van der Waals surface area contributed by atoms with Crippen LogP contribution in [-0.2, 0) is 5.41 Å². The van der Waals surface area contributed by atoms with Crippen LogP contribution in [0.1, 0.15) is 25.0 Å². The van der Waals surface area contributed by atoms with Gasteiger partial charge in [-0.2, -0.15) is 0 Å². The number of aromatic nitrogens is 3. The highest BCUT2D eigenvalue weighted by Crippen LogP contribution is 2.51. The van der Waals surface area contributed by atoms with E-state index in [4.69, 9.17) is 15.0 Å². The van der Waals surface area contributed by atoms with Gasteiger partial charge in [-0.3, -0.25) is 0 Å². The maximum absolute atomic E-state index is 5.02. The first-order valence-corrected chi connectivity index (χ1v) is 16.9. The zero-order chi connectivity index (χ0) is 32.7. The Morgan fingerprint density at radius 1 is 0.367 bits per heavy atom. The normalized spacial score (nSPS) is 13.3. The minimum Gasteiger partial charge on any atom is -0.208 e. The lowest BCUT2D eigenvalue weighted by atomic mass is 9.81. The molecule has 0 saturated carbocycles. The van der Waals surface area contributed by atoms with Gasteiger partial charge >= 0.3 is 0 Å². The van der Waals surface area contributed by atoms with E-state index in [-0.39, 0.29) is 5.41 Å². The first kappa shape index (κ1) is 27.9. The number of hydrogen-bond donors (Lipinski definition) is 0. The molecule has 49 heavy (non-hydrogen) atoms. The second-order valence-electron chi connectivity index (χ2n) is 13.7. The monoisotopic (exact) mass is 625 g/mol. The summed E-state index contributed by atoms with van der Waals surface area (Å²) in [7, 11) is 0. The lowest BCUT2D eigenvalue weighted by Gasteiger charge is -2.22. The van der Waals surface area contributed by atoms with Crippen molar-refractivity contribution in [3.05, 3.63) is 163 Å². The third-order valence-corrected chi connectivity index (χ3v) is 10.5. The largest absolute Gasteiger partial charge is 0.208 e. The molecule has 1 aliphatic carbocycles. The molecule has 0 spiro atoms. The Labute approximate surface area is 284 Å². The highest BCUT2D eigenvalue weighted by molar-refractivity contribution is 6.25. The molecule has 0 radical (unpaired) electrons. The predicted molar refractivity (Wildman–Crippen MR) is 203 cm³/mol. The Bertz CT molecular complexity index is 2650. The molecule has 9 aromatic rings. The van der Waals surface area contributed by atoms with Gasteiger partial charge in [-0.15, -0.1) is 0 Å². The summed E-state index contributed by atoms with van der Waals surface area (Å²) in [4.78, 5) is 14.9. The summed E-state index contributed by atoms with van der Waals surface area (Å²) in [6, 6.07) is 54.3. The lowest BCUT2D eigenvalue weighted by molar-refractivity contribution is 0.660. The minimum atomic E-state index is -0.181. The third-order valence-electron chi connectivity index (χ3n) is 10.5. The zero-order valence-corrected chi connectivity index (χ0v) is 27.3. The lowest BCUT2D eigenvalue weighted by Crippen LogP contribution is -2.15. The van der Waals surface area contributed by atoms with Gasteiger partial charge in [0.2, 0.25) is 0 Å². The summed E-state index contributed by atoms with van der Waals surface area (Å²) in [5, 5.41) is 7.86. The number of nitrogens with zero attached hydrogens (tertiary/aromatic N) is 3. The van der Waals surface area contributed by atoms with Gasteiger partial charge in [0.15, 0.2) is 17.5 Å². The molecule has 0 atom stereocenters. The molecule has 0 saturated heterocycles. The van der Waals surface area contributed by atoms with Crippen molar-refractivity contribution >= 4 is 32.3 Å². The molecule has 0 bridgehead atoms. The predicted octanol–water partition coefficient (Wildman–Crippen LogP) is 11.7. The first-order chi connectivity index (χ1) is 24.0. The molecule has 0 amide bonds. The van der Waals surface area contributed by atoms with Crippen LogP contribution in [0.2, 0.25) is 0 Å². The van der Waals surface area contributed by atoms with Gasteiger partial charge in [0, 0.05) is 22.1 Å². The van der Waals surface area contributed by atoms with E-state index in [1.54, 1.807) is 0 Å². The van der Waals surface area contributed by atoms with Crippen LogP contribution >= 0.6 is 0 Å². The summed E-state index contributed by atoms with van der Waals surface area (Å²) in [5.74, 6) is 2.02. The molecule has 0 N–H and O–H groups in total. The summed E-state index contributed by atoms with van der Waals surface area (Å²) in [6.45, 7) is 4.66. The molecule has 1 aromatic heterocycles. The number of benzene rings is 8. The number of fused-ring (bicyclic) bond motifs is 3. The molecular weight excluding hydrogens is 595 g/mol. The average Bonchev–Trinajstić information content (AvgIpc) is 3.39. The quantitative estimate of drug-likeness (QED) is 0.183. The summed E-state index contributed by atoms with van der Waals surface area (Å²) in [6.07, 6.45) is 0. The van der Waals surface area contributed by atoms with E-state index in [9.17, 15) is 0 Å². The molecule has 10 rings (SSSR count). The van der Waals surface area contributed by atoms with E-state index in [1.165, 1.54) is 65.7 Å². The maximum atomic E-state index is 5.02. The van der Waals surface area contributed by atoms with E-state index in [1.807, 2.05) is 36.4 Å². The van der Waals surface area contributed by atoms with Gasteiger partial charge in [-0.25, -0.2) is 15.0 Å². The standard InChI is InChI=1S/C46H31N3/c1-46(2)39-25-21-33(35-22-18-30-17-16-28-14-9-15-29-19-24-37(35)42(30)41(28)29)26-38(39)36-23-20-34(27-40(36)46)45-48-43(31-10-5-3-6-11-31)47-44(49-45)32-12-7-4-8-13-32/h3-27H,1-2H3. The van der Waals surface area contributed by atoms with Crippen molar-refractivity contribution in [1.82, 2.24) is 15.0 Å². The third kappa shape index (κ3) is 4.25. The molecule has 1 heterocycles. The Kier molecular flexibility index (Phi) is 5.92. The number of hydrogen-bond acceptors (Lipinski definition) is 3. The number of rotatable bonds is 4. The fraction of sp³-hybridized carbons (Fsp3) is 0.0652. The second-order valence-corrected chi connectivity index (χ2v) is 13.7. The van der Waals surface area contributed by atoms with Gasteiger partial charge in [0.1, 0.15) is 0 Å². The fourth-order valence-corrected chi connectivity index (χ4v) is 7.98. The van der Waals surface area contributed by atoms with Crippen molar-refractivity contribution in [3.63, 3.8) is 0 Å². The van der Waals surface area contributed by atoms with Gasteiger partial charge in [-0.05, 0) is 77.8 Å². The molecule has 3 heteroatoms. The van der Waals surface area contributed by atoms with Gasteiger partial charge in [-0.1, -0.05) is 153 Å². The summed E-state index contributed by atoms with van der Waals surface area (Å²) < 4.78 is 0. The van der Waals surface area contributed by atoms with Gasteiger partial charge in [0.25, 0.3) is 0 Å². The van der Waals surface area contributed by atoms with Crippen LogP contribution in [0.25, 0.3) is 88.7 Å². The Morgan fingerprint density at radius 2 is 0.918 bits per heavy atom. The molecule has 0 fully saturated rings. The van der Waals surface area contributed by atoms with Crippen LogP contribution in [0.5, 0.6) is 0 Å². The molecule has 3 nitrogen and oxygen atoms in total.